The number of piperazine rings is 1. The van der Waals surface area contributed by atoms with Gasteiger partial charge in [0.15, 0.2) is 11.5 Å². The molecule has 0 unspecified atom stereocenters. The summed E-state index contributed by atoms with van der Waals surface area (Å²) in [5.74, 6) is 2.34. The first-order valence-electron chi connectivity index (χ1n) is 8.43. The fraction of sp³-hybridized carbons (Fsp3) is 0.444. The summed E-state index contributed by atoms with van der Waals surface area (Å²) in [7, 11) is 1.65. The third kappa shape index (κ3) is 4.32. The molecule has 1 aliphatic rings. The van der Waals surface area contributed by atoms with Crippen LogP contribution in [0.25, 0.3) is 0 Å². The monoisotopic (exact) mass is 362 g/mol. The molecule has 7 heteroatoms. The molecule has 0 N–H and O–H groups in total. The summed E-state index contributed by atoms with van der Waals surface area (Å²) in [5, 5.41) is 0.709. The van der Waals surface area contributed by atoms with Gasteiger partial charge in [-0.3, -0.25) is 9.88 Å². The number of benzene rings is 1. The molecule has 2 heterocycles. The van der Waals surface area contributed by atoms with E-state index in [0.717, 1.165) is 49.9 Å². The number of anilines is 1. The van der Waals surface area contributed by atoms with Gasteiger partial charge in [0.2, 0.25) is 0 Å². The molecule has 1 saturated heterocycles. The molecule has 0 saturated carbocycles. The topological polar surface area (TPSA) is 50.7 Å². The van der Waals surface area contributed by atoms with E-state index in [2.05, 4.69) is 19.8 Å². The summed E-state index contributed by atoms with van der Waals surface area (Å²) in [4.78, 5) is 13.1. The molecule has 0 aliphatic carbocycles. The van der Waals surface area contributed by atoms with Crippen molar-refractivity contribution in [3.63, 3.8) is 0 Å². The van der Waals surface area contributed by atoms with Gasteiger partial charge >= 0.3 is 0 Å². The zero-order valence-corrected chi connectivity index (χ0v) is 15.4. The van der Waals surface area contributed by atoms with Gasteiger partial charge in [0.1, 0.15) is 5.82 Å². The van der Waals surface area contributed by atoms with E-state index in [4.69, 9.17) is 21.1 Å². The van der Waals surface area contributed by atoms with Crippen molar-refractivity contribution in [3.05, 3.63) is 41.3 Å². The largest absolute Gasteiger partial charge is 0.493 e. The molecule has 0 amide bonds. The Balaban J connectivity index is 1.64. The number of hydrogen-bond acceptors (Lipinski definition) is 6. The first kappa shape index (κ1) is 17.8. The van der Waals surface area contributed by atoms with Crippen molar-refractivity contribution in [2.24, 2.45) is 0 Å². The van der Waals surface area contributed by atoms with E-state index in [0.29, 0.717) is 17.4 Å². The summed E-state index contributed by atoms with van der Waals surface area (Å²) in [5.41, 5.74) is 1.05. The zero-order valence-electron chi connectivity index (χ0n) is 14.6. The molecule has 25 heavy (non-hydrogen) atoms. The Kier molecular flexibility index (Phi) is 5.94. The molecular weight excluding hydrogens is 340 g/mol. The summed E-state index contributed by atoms with van der Waals surface area (Å²) < 4.78 is 11.0. The Hall–Kier alpha value is -2.05. The van der Waals surface area contributed by atoms with Gasteiger partial charge in [-0.05, 0) is 18.6 Å². The number of hydrogen-bond donors (Lipinski definition) is 0. The highest BCUT2D eigenvalue weighted by molar-refractivity contribution is 6.31. The van der Waals surface area contributed by atoms with Crippen LogP contribution in [0.2, 0.25) is 5.02 Å². The van der Waals surface area contributed by atoms with Crippen LogP contribution in [0.4, 0.5) is 5.82 Å². The van der Waals surface area contributed by atoms with Gasteiger partial charge in [-0.2, -0.15) is 0 Å². The lowest BCUT2D eigenvalue weighted by Crippen LogP contribution is -2.46. The molecule has 6 nitrogen and oxygen atoms in total. The van der Waals surface area contributed by atoms with Gasteiger partial charge in [-0.25, -0.2) is 4.98 Å². The van der Waals surface area contributed by atoms with Crippen LogP contribution >= 0.6 is 11.6 Å². The minimum absolute atomic E-state index is 0.580. The van der Waals surface area contributed by atoms with E-state index >= 15 is 0 Å². The molecule has 1 aliphatic heterocycles. The van der Waals surface area contributed by atoms with Crippen molar-refractivity contribution < 1.29 is 9.47 Å². The fourth-order valence-electron chi connectivity index (χ4n) is 2.96. The van der Waals surface area contributed by atoms with Crippen molar-refractivity contribution in [1.82, 2.24) is 14.9 Å². The highest BCUT2D eigenvalue weighted by Crippen LogP contribution is 2.34. The van der Waals surface area contributed by atoms with E-state index in [1.807, 2.05) is 25.3 Å². The Bertz CT molecular complexity index is 691. The van der Waals surface area contributed by atoms with E-state index in [-0.39, 0.29) is 0 Å². The predicted octanol–water partition coefficient (Wildman–Crippen LogP) is 2.86. The molecule has 0 radical (unpaired) electrons. The van der Waals surface area contributed by atoms with Crippen LogP contribution in [-0.4, -0.2) is 54.8 Å². The number of halogens is 1. The summed E-state index contributed by atoms with van der Waals surface area (Å²) in [6, 6.07) is 3.82. The summed E-state index contributed by atoms with van der Waals surface area (Å²) in [6.07, 6.45) is 5.23. The summed E-state index contributed by atoms with van der Waals surface area (Å²) >= 11 is 6.45. The highest BCUT2D eigenvalue weighted by atomic mass is 35.5. The molecule has 2 aromatic rings. The molecule has 0 atom stereocenters. The summed E-state index contributed by atoms with van der Waals surface area (Å²) in [6.45, 7) is 7.05. The number of methoxy groups -OCH3 is 1. The Morgan fingerprint density at radius 1 is 1.12 bits per heavy atom. The zero-order chi connectivity index (χ0) is 17.6. The Morgan fingerprint density at radius 3 is 2.56 bits per heavy atom. The quantitative estimate of drug-likeness (QED) is 0.787. The average molecular weight is 363 g/mol. The van der Waals surface area contributed by atoms with Crippen molar-refractivity contribution in [3.8, 4) is 11.5 Å². The van der Waals surface area contributed by atoms with Crippen LogP contribution in [-0.2, 0) is 6.54 Å². The predicted molar refractivity (Wildman–Crippen MR) is 98.7 cm³/mol. The standard InChI is InChI=1S/C18H23ClN4O2/c1-3-25-17-11-15(19)14(10-16(17)24-2)13-22-6-8-23(9-7-22)18-12-20-4-5-21-18/h4-5,10-12H,3,6-9,13H2,1-2H3. The molecule has 1 fully saturated rings. The van der Waals surface area contributed by atoms with Gasteiger partial charge in [-0.1, -0.05) is 11.6 Å². The molecule has 134 valence electrons. The van der Waals surface area contributed by atoms with Crippen LogP contribution < -0.4 is 14.4 Å². The van der Waals surface area contributed by atoms with Crippen molar-refractivity contribution in [1.29, 1.82) is 0 Å². The maximum atomic E-state index is 6.45. The average Bonchev–Trinajstić information content (AvgIpc) is 2.65. The maximum Gasteiger partial charge on any atom is 0.162 e. The van der Waals surface area contributed by atoms with Crippen molar-refractivity contribution in [2.45, 2.75) is 13.5 Å². The second kappa shape index (κ2) is 8.36. The van der Waals surface area contributed by atoms with Gasteiger partial charge in [-0.15, -0.1) is 0 Å². The molecule has 1 aromatic heterocycles. The first-order chi connectivity index (χ1) is 12.2. The third-order valence-electron chi connectivity index (χ3n) is 4.27. The number of aromatic nitrogens is 2. The Labute approximate surface area is 153 Å². The first-order valence-corrected chi connectivity index (χ1v) is 8.81. The lowest BCUT2D eigenvalue weighted by Gasteiger charge is -2.35. The number of ether oxygens (including phenoxy) is 2. The maximum absolute atomic E-state index is 6.45. The van der Waals surface area contributed by atoms with Crippen LogP contribution in [0, 0.1) is 0 Å². The van der Waals surface area contributed by atoms with Gasteiger partial charge in [0, 0.05) is 56.2 Å². The number of nitrogens with zero attached hydrogens (tertiary/aromatic N) is 4. The van der Waals surface area contributed by atoms with E-state index < -0.39 is 0 Å². The van der Waals surface area contributed by atoms with Gasteiger partial charge < -0.3 is 14.4 Å². The highest BCUT2D eigenvalue weighted by Gasteiger charge is 2.20. The lowest BCUT2D eigenvalue weighted by molar-refractivity contribution is 0.248. The van der Waals surface area contributed by atoms with Crippen LogP contribution in [0.5, 0.6) is 11.5 Å². The SMILES string of the molecule is CCOc1cc(Cl)c(CN2CCN(c3cnccn3)CC2)cc1OC. The second-order valence-electron chi connectivity index (χ2n) is 5.85. The molecular formula is C18H23ClN4O2. The molecule has 0 bridgehead atoms. The molecule has 0 spiro atoms. The molecule has 3 rings (SSSR count). The van der Waals surface area contributed by atoms with E-state index in [9.17, 15) is 0 Å². The van der Waals surface area contributed by atoms with Gasteiger partial charge in [0.05, 0.1) is 19.9 Å². The fourth-order valence-corrected chi connectivity index (χ4v) is 3.17. The van der Waals surface area contributed by atoms with E-state index in [1.54, 1.807) is 19.5 Å². The van der Waals surface area contributed by atoms with Crippen LogP contribution in [0.15, 0.2) is 30.7 Å². The Morgan fingerprint density at radius 2 is 1.92 bits per heavy atom. The van der Waals surface area contributed by atoms with Crippen molar-refractivity contribution >= 4 is 17.4 Å². The molecule has 1 aromatic carbocycles. The number of rotatable bonds is 6. The second-order valence-corrected chi connectivity index (χ2v) is 6.26. The minimum atomic E-state index is 0.580. The normalized spacial score (nSPS) is 15.2. The smallest absolute Gasteiger partial charge is 0.162 e. The minimum Gasteiger partial charge on any atom is -0.493 e. The van der Waals surface area contributed by atoms with Gasteiger partial charge in [0.25, 0.3) is 0 Å². The lowest BCUT2D eigenvalue weighted by atomic mass is 10.1. The van der Waals surface area contributed by atoms with Crippen molar-refractivity contribution in [2.75, 3.05) is 44.8 Å². The van der Waals surface area contributed by atoms with Crippen LogP contribution in [0.1, 0.15) is 12.5 Å². The third-order valence-corrected chi connectivity index (χ3v) is 4.62. The van der Waals surface area contributed by atoms with E-state index in [1.165, 1.54) is 0 Å². The van der Waals surface area contributed by atoms with Crippen LogP contribution in [0.3, 0.4) is 0 Å².